The van der Waals surface area contributed by atoms with E-state index in [1.807, 2.05) is 12.1 Å². The van der Waals surface area contributed by atoms with E-state index < -0.39 is 0 Å². The zero-order valence-corrected chi connectivity index (χ0v) is 10.8. The molecule has 0 radical (unpaired) electrons. The maximum atomic E-state index is 8.59. The molecule has 0 saturated heterocycles. The van der Waals surface area contributed by atoms with E-state index >= 15 is 0 Å². The number of hydrogen-bond donors (Lipinski definition) is 1. The fraction of sp³-hybridized carbons (Fsp3) is 0.462. The van der Waals surface area contributed by atoms with Gasteiger partial charge < -0.3 is 24.3 Å². The van der Waals surface area contributed by atoms with Crippen molar-refractivity contribution in [1.82, 2.24) is 5.32 Å². The van der Waals surface area contributed by atoms with Gasteiger partial charge in [0.25, 0.3) is 0 Å². The average molecular weight is 264 g/mol. The van der Waals surface area contributed by atoms with Gasteiger partial charge in [-0.2, -0.15) is 5.26 Å². The second kappa shape index (κ2) is 6.83. The third-order valence-corrected chi connectivity index (χ3v) is 2.65. The Labute approximate surface area is 111 Å². The SMILES string of the molecule is COCCNCc1cc2c(cc1OCC#N)OCO2. The first-order chi connectivity index (χ1) is 9.35. The van der Waals surface area contributed by atoms with Crippen LogP contribution >= 0.6 is 0 Å². The standard InChI is InChI=1S/C13H16N2O4/c1-16-5-3-15-8-10-6-12-13(19-9-18-12)7-11(10)17-4-2-14/h6-7,15H,3-5,8-9H2,1H3. The Bertz CT molecular complexity index is 470. The smallest absolute Gasteiger partial charge is 0.231 e. The Morgan fingerprint density at radius 1 is 1.37 bits per heavy atom. The Kier molecular flexibility index (Phi) is 4.84. The molecule has 6 heteroatoms. The van der Waals surface area contributed by atoms with E-state index in [1.54, 1.807) is 13.2 Å². The molecule has 0 saturated carbocycles. The summed E-state index contributed by atoms with van der Waals surface area (Å²) in [5, 5.41) is 11.8. The summed E-state index contributed by atoms with van der Waals surface area (Å²) in [6.07, 6.45) is 0. The summed E-state index contributed by atoms with van der Waals surface area (Å²) in [6, 6.07) is 5.58. The first-order valence-electron chi connectivity index (χ1n) is 5.97. The molecule has 1 heterocycles. The van der Waals surface area contributed by atoms with Crippen LogP contribution < -0.4 is 19.5 Å². The molecular formula is C13H16N2O4. The molecule has 6 nitrogen and oxygen atoms in total. The minimum absolute atomic E-state index is 0.00468. The molecule has 1 aromatic rings. The first kappa shape index (κ1) is 13.5. The minimum Gasteiger partial charge on any atom is -0.478 e. The largest absolute Gasteiger partial charge is 0.478 e. The normalized spacial score (nSPS) is 12.2. The lowest BCUT2D eigenvalue weighted by Gasteiger charge is -2.11. The average Bonchev–Trinajstić information content (AvgIpc) is 2.88. The molecule has 0 aromatic heterocycles. The first-order valence-corrected chi connectivity index (χ1v) is 5.97. The van der Waals surface area contributed by atoms with Crippen LogP contribution in [0, 0.1) is 11.3 Å². The molecule has 1 N–H and O–H groups in total. The Morgan fingerprint density at radius 3 is 2.89 bits per heavy atom. The molecule has 1 aliphatic rings. The fourth-order valence-corrected chi connectivity index (χ4v) is 1.75. The lowest BCUT2D eigenvalue weighted by atomic mass is 10.1. The number of nitrogens with one attached hydrogen (secondary N) is 1. The summed E-state index contributed by atoms with van der Waals surface area (Å²) >= 11 is 0. The summed E-state index contributed by atoms with van der Waals surface area (Å²) in [4.78, 5) is 0. The zero-order valence-electron chi connectivity index (χ0n) is 10.8. The molecule has 2 rings (SSSR count). The highest BCUT2D eigenvalue weighted by molar-refractivity contribution is 5.51. The van der Waals surface area contributed by atoms with Gasteiger partial charge in [0.1, 0.15) is 11.8 Å². The van der Waals surface area contributed by atoms with Crippen LogP contribution in [0.4, 0.5) is 0 Å². The van der Waals surface area contributed by atoms with Gasteiger partial charge in [0.05, 0.1) is 6.61 Å². The third-order valence-electron chi connectivity index (χ3n) is 2.65. The number of nitrogens with zero attached hydrogens (tertiary/aromatic N) is 1. The monoisotopic (exact) mass is 264 g/mol. The number of rotatable bonds is 7. The van der Waals surface area contributed by atoms with Crippen LogP contribution in [0.2, 0.25) is 0 Å². The van der Waals surface area contributed by atoms with Crippen LogP contribution in [0.3, 0.4) is 0 Å². The molecule has 102 valence electrons. The van der Waals surface area contributed by atoms with Gasteiger partial charge in [-0.15, -0.1) is 0 Å². The van der Waals surface area contributed by atoms with Crippen molar-refractivity contribution in [2.24, 2.45) is 0 Å². The number of benzene rings is 1. The van der Waals surface area contributed by atoms with Crippen molar-refractivity contribution < 1.29 is 18.9 Å². The maximum Gasteiger partial charge on any atom is 0.231 e. The molecule has 0 bridgehead atoms. The predicted molar refractivity (Wildman–Crippen MR) is 67.3 cm³/mol. The van der Waals surface area contributed by atoms with Gasteiger partial charge in [-0.3, -0.25) is 0 Å². The molecular weight excluding hydrogens is 248 g/mol. The second-order valence-corrected chi connectivity index (χ2v) is 3.93. The van der Waals surface area contributed by atoms with Crippen molar-refractivity contribution in [3.8, 4) is 23.3 Å². The summed E-state index contributed by atoms with van der Waals surface area (Å²) in [5.74, 6) is 1.98. The van der Waals surface area contributed by atoms with Gasteiger partial charge in [-0.25, -0.2) is 0 Å². The molecule has 1 aromatic carbocycles. The highest BCUT2D eigenvalue weighted by atomic mass is 16.7. The highest BCUT2D eigenvalue weighted by Crippen LogP contribution is 2.38. The van der Waals surface area contributed by atoms with Gasteiger partial charge in [-0.1, -0.05) is 0 Å². The quantitative estimate of drug-likeness (QED) is 0.742. The van der Waals surface area contributed by atoms with Crippen molar-refractivity contribution in [3.05, 3.63) is 17.7 Å². The molecule has 0 aliphatic carbocycles. The van der Waals surface area contributed by atoms with Crippen molar-refractivity contribution >= 4 is 0 Å². The van der Waals surface area contributed by atoms with E-state index in [0.717, 1.165) is 12.1 Å². The van der Waals surface area contributed by atoms with Gasteiger partial charge in [0.2, 0.25) is 6.79 Å². The summed E-state index contributed by atoms with van der Waals surface area (Å²) < 4.78 is 21.0. The van der Waals surface area contributed by atoms with Crippen molar-refractivity contribution in [2.45, 2.75) is 6.54 Å². The summed E-state index contributed by atoms with van der Waals surface area (Å²) in [7, 11) is 1.66. The molecule has 0 amide bonds. The van der Waals surface area contributed by atoms with E-state index in [-0.39, 0.29) is 13.4 Å². The van der Waals surface area contributed by atoms with E-state index in [9.17, 15) is 0 Å². The van der Waals surface area contributed by atoms with Gasteiger partial charge >= 0.3 is 0 Å². The molecule has 0 fully saturated rings. The Balaban J connectivity index is 2.07. The van der Waals surface area contributed by atoms with Gasteiger partial charge in [-0.05, 0) is 6.07 Å². The second-order valence-electron chi connectivity index (χ2n) is 3.93. The molecule has 0 unspecified atom stereocenters. The van der Waals surface area contributed by atoms with E-state index in [0.29, 0.717) is 30.4 Å². The third kappa shape index (κ3) is 3.50. The lowest BCUT2D eigenvalue weighted by Crippen LogP contribution is -2.19. The maximum absolute atomic E-state index is 8.59. The van der Waals surface area contributed by atoms with Crippen LogP contribution in [0.25, 0.3) is 0 Å². The summed E-state index contributed by atoms with van der Waals surface area (Å²) in [6.45, 7) is 2.21. The Morgan fingerprint density at radius 2 is 2.16 bits per heavy atom. The van der Waals surface area contributed by atoms with Crippen LogP contribution in [0.5, 0.6) is 17.2 Å². The minimum atomic E-state index is 0.00468. The van der Waals surface area contributed by atoms with E-state index in [2.05, 4.69) is 5.32 Å². The summed E-state index contributed by atoms with van der Waals surface area (Å²) in [5.41, 5.74) is 0.926. The van der Waals surface area contributed by atoms with Gasteiger partial charge in [0, 0.05) is 31.8 Å². The molecule has 0 atom stereocenters. The predicted octanol–water partition coefficient (Wildman–Crippen LogP) is 1.05. The lowest BCUT2D eigenvalue weighted by molar-refractivity contribution is 0.174. The van der Waals surface area contributed by atoms with E-state index in [4.69, 9.17) is 24.2 Å². The van der Waals surface area contributed by atoms with Crippen LogP contribution in [-0.2, 0) is 11.3 Å². The van der Waals surface area contributed by atoms with Crippen LogP contribution in [-0.4, -0.2) is 33.7 Å². The van der Waals surface area contributed by atoms with Crippen LogP contribution in [0.1, 0.15) is 5.56 Å². The molecule has 0 spiro atoms. The number of hydrogen-bond acceptors (Lipinski definition) is 6. The topological polar surface area (TPSA) is 72.7 Å². The van der Waals surface area contributed by atoms with Gasteiger partial charge in [0.15, 0.2) is 18.1 Å². The number of methoxy groups -OCH3 is 1. The van der Waals surface area contributed by atoms with Crippen molar-refractivity contribution in [1.29, 1.82) is 5.26 Å². The van der Waals surface area contributed by atoms with Crippen molar-refractivity contribution in [2.75, 3.05) is 33.7 Å². The molecule has 1 aliphatic heterocycles. The fourth-order valence-electron chi connectivity index (χ4n) is 1.75. The number of nitriles is 1. The van der Waals surface area contributed by atoms with Crippen LogP contribution in [0.15, 0.2) is 12.1 Å². The van der Waals surface area contributed by atoms with Crippen molar-refractivity contribution in [3.63, 3.8) is 0 Å². The number of ether oxygens (including phenoxy) is 4. The highest BCUT2D eigenvalue weighted by Gasteiger charge is 2.17. The van der Waals surface area contributed by atoms with E-state index in [1.165, 1.54) is 0 Å². The Hall–Kier alpha value is -1.97. The zero-order chi connectivity index (χ0) is 13.5. The number of fused-ring (bicyclic) bond motifs is 1. The molecule has 19 heavy (non-hydrogen) atoms.